The lowest BCUT2D eigenvalue weighted by molar-refractivity contribution is -0.384. The molecule has 1 unspecified atom stereocenters. The molecule has 8 heteroatoms. The molecule has 0 aliphatic heterocycles. The van der Waals surface area contributed by atoms with Gasteiger partial charge in [0.05, 0.1) is 10.5 Å². The first-order valence-electron chi connectivity index (χ1n) is 5.08. The molecule has 0 saturated heterocycles. The van der Waals surface area contributed by atoms with E-state index in [2.05, 4.69) is 5.32 Å². The summed E-state index contributed by atoms with van der Waals surface area (Å²) in [5.41, 5.74) is 3.68. The SMILES string of the molecule is CC(CN)Nc1ccc(C(F)(F)F)cc1[N+](=O)[O-]. The van der Waals surface area contributed by atoms with E-state index in [1.807, 2.05) is 0 Å². The summed E-state index contributed by atoms with van der Waals surface area (Å²) < 4.78 is 37.3. The van der Waals surface area contributed by atoms with Crippen LogP contribution in [0.15, 0.2) is 18.2 Å². The summed E-state index contributed by atoms with van der Waals surface area (Å²) in [5, 5.41) is 13.4. The lowest BCUT2D eigenvalue weighted by Gasteiger charge is -2.14. The van der Waals surface area contributed by atoms with Crippen molar-refractivity contribution in [3.63, 3.8) is 0 Å². The average molecular weight is 263 g/mol. The first-order chi connectivity index (χ1) is 8.25. The molecule has 0 aliphatic rings. The van der Waals surface area contributed by atoms with Crippen LogP contribution in [-0.2, 0) is 6.18 Å². The van der Waals surface area contributed by atoms with Crippen LogP contribution in [-0.4, -0.2) is 17.5 Å². The fraction of sp³-hybridized carbons (Fsp3) is 0.400. The molecule has 5 nitrogen and oxygen atoms in total. The maximum absolute atomic E-state index is 12.4. The minimum Gasteiger partial charge on any atom is -0.376 e. The quantitative estimate of drug-likeness (QED) is 0.645. The van der Waals surface area contributed by atoms with E-state index in [0.29, 0.717) is 6.07 Å². The van der Waals surface area contributed by atoms with E-state index in [0.717, 1.165) is 12.1 Å². The second-order valence-electron chi connectivity index (χ2n) is 3.77. The van der Waals surface area contributed by atoms with Crippen molar-refractivity contribution in [2.45, 2.75) is 19.1 Å². The van der Waals surface area contributed by atoms with Crippen LogP contribution in [0.3, 0.4) is 0 Å². The molecule has 0 aromatic heterocycles. The molecule has 0 fully saturated rings. The number of nitro groups is 1. The Morgan fingerprint density at radius 1 is 1.50 bits per heavy atom. The molecule has 3 N–H and O–H groups in total. The molecule has 100 valence electrons. The minimum atomic E-state index is -4.61. The lowest BCUT2D eigenvalue weighted by Crippen LogP contribution is -2.25. The number of benzene rings is 1. The van der Waals surface area contributed by atoms with Crippen LogP contribution in [0.4, 0.5) is 24.5 Å². The van der Waals surface area contributed by atoms with E-state index >= 15 is 0 Å². The van der Waals surface area contributed by atoms with Gasteiger partial charge in [-0.3, -0.25) is 10.1 Å². The summed E-state index contributed by atoms with van der Waals surface area (Å²) in [6.45, 7) is 1.87. The van der Waals surface area contributed by atoms with Crippen LogP contribution in [0.5, 0.6) is 0 Å². The second kappa shape index (κ2) is 5.21. The summed E-state index contributed by atoms with van der Waals surface area (Å²) in [4.78, 5) is 9.88. The highest BCUT2D eigenvalue weighted by Gasteiger charge is 2.33. The van der Waals surface area contributed by atoms with E-state index in [1.54, 1.807) is 6.92 Å². The molecule has 0 bridgehead atoms. The fourth-order valence-corrected chi connectivity index (χ4v) is 1.31. The third kappa shape index (κ3) is 3.33. The van der Waals surface area contributed by atoms with E-state index in [4.69, 9.17) is 5.73 Å². The van der Waals surface area contributed by atoms with Gasteiger partial charge in [-0.1, -0.05) is 0 Å². The number of nitrogens with two attached hydrogens (primary N) is 1. The lowest BCUT2D eigenvalue weighted by atomic mass is 10.1. The van der Waals surface area contributed by atoms with E-state index in [-0.39, 0.29) is 18.3 Å². The Bertz CT molecular complexity index is 448. The number of nitro benzene ring substituents is 1. The van der Waals surface area contributed by atoms with Crippen LogP contribution in [0.1, 0.15) is 12.5 Å². The van der Waals surface area contributed by atoms with Crippen molar-refractivity contribution in [1.82, 2.24) is 0 Å². The van der Waals surface area contributed by atoms with E-state index in [1.165, 1.54) is 0 Å². The van der Waals surface area contributed by atoms with Crippen molar-refractivity contribution in [3.8, 4) is 0 Å². The van der Waals surface area contributed by atoms with E-state index < -0.39 is 22.4 Å². The number of anilines is 1. The van der Waals surface area contributed by atoms with Gasteiger partial charge in [0.2, 0.25) is 0 Å². The van der Waals surface area contributed by atoms with Gasteiger partial charge in [0.15, 0.2) is 0 Å². The van der Waals surface area contributed by atoms with Gasteiger partial charge >= 0.3 is 6.18 Å². The number of hydrogen-bond acceptors (Lipinski definition) is 4. The summed E-state index contributed by atoms with van der Waals surface area (Å²) in [6, 6.07) is 2.05. The Balaban J connectivity index is 3.17. The van der Waals surface area contributed by atoms with Gasteiger partial charge in [-0.05, 0) is 19.1 Å². The second-order valence-corrected chi connectivity index (χ2v) is 3.77. The molecule has 0 radical (unpaired) electrons. The van der Waals surface area contributed by atoms with Crippen LogP contribution in [0.25, 0.3) is 0 Å². The smallest absolute Gasteiger partial charge is 0.376 e. The number of nitrogens with zero attached hydrogens (tertiary/aromatic N) is 1. The molecule has 0 spiro atoms. The molecule has 0 amide bonds. The molecule has 18 heavy (non-hydrogen) atoms. The first-order valence-corrected chi connectivity index (χ1v) is 5.08. The van der Waals surface area contributed by atoms with Crippen molar-refractivity contribution in [2.24, 2.45) is 5.73 Å². The number of halogens is 3. The number of rotatable bonds is 4. The summed E-state index contributed by atoms with van der Waals surface area (Å²) in [5.74, 6) is 0. The van der Waals surface area contributed by atoms with Gasteiger partial charge in [-0.25, -0.2) is 0 Å². The minimum absolute atomic E-state index is 0.0194. The van der Waals surface area contributed by atoms with Crippen molar-refractivity contribution < 1.29 is 18.1 Å². The number of hydrogen-bond donors (Lipinski definition) is 2. The number of alkyl halides is 3. The third-order valence-electron chi connectivity index (χ3n) is 2.28. The molecule has 1 atom stereocenters. The van der Waals surface area contributed by atoms with Crippen molar-refractivity contribution in [1.29, 1.82) is 0 Å². The van der Waals surface area contributed by atoms with Gasteiger partial charge in [-0.2, -0.15) is 13.2 Å². The predicted molar refractivity (Wildman–Crippen MR) is 60.2 cm³/mol. The Morgan fingerprint density at radius 3 is 2.56 bits per heavy atom. The van der Waals surface area contributed by atoms with Gasteiger partial charge in [0.25, 0.3) is 5.69 Å². The van der Waals surface area contributed by atoms with Gasteiger partial charge in [-0.15, -0.1) is 0 Å². The standard InChI is InChI=1S/C10H12F3N3O2/c1-6(5-14)15-8-3-2-7(10(11,12)13)4-9(8)16(17)18/h2-4,6,15H,5,14H2,1H3. The Labute approximate surface area is 101 Å². The van der Waals surface area contributed by atoms with E-state index in [9.17, 15) is 23.3 Å². The summed E-state index contributed by atoms with van der Waals surface area (Å²) >= 11 is 0. The normalized spacial score (nSPS) is 13.2. The highest BCUT2D eigenvalue weighted by molar-refractivity contribution is 5.63. The molecule has 0 saturated carbocycles. The number of nitrogens with one attached hydrogen (secondary N) is 1. The highest BCUT2D eigenvalue weighted by atomic mass is 19.4. The predicted octanol–water partition coefficient (Wildman–Crippen LogP) is 2.37. The van der Waals surface area contributed by atoms with Crippen molar-refractivity contribution in [2.75, 3.05) is 11.9 Å². The van der Waals surface area contributed by atoms with Gasteiger partial charge < -0.3 is 11.1 Å². The maximum atomic E-state index is 12.4. The molecular weight excluding hydrogens is 251 g/mol. The van der Waals surface area contributed by atoms with Crippen LogP contribution >= 0.6 is 0 Å². The average Bonchev–Trinajstić information content (AvgIpc) is 2.27. The summed E-state index contributed by atoms with van der Waals surface area (Å²) in [7, 11) is 0. The van der Waals surface area contributed by atoms with Crippen LogP contribution in [0.2, 0.25) is 0 Å². The van der Waals surface area contributed by atoms with Gasteiger partial charge in [0.1, 0.15) is 5.69 Å². The molecular formula is C10H12F3N3O2. The third-order valence-corrected chi connectivity index (χ3v) is 2.28. The first kappa shape index (κ1) is 14.2. The molecule has 1 aromatic carbocycles. The molecule has 1 aromatic rings. The Hall–Kier alpha value is -1.83. The van der Waals surface area contributed by atoms with Gasteiger partial charge in [0, 0.05) is 18.7 Å². The summed E-state index contributed by atoms with van der Waals surface area (Å²) in [6.07, 6.45) is -4.61. The molecule has 1 rings (SSSR count). The Kier molecular flexibility index (Phi) is 4.12. The zero-order chi connectivity index (χ0) is 13.9. The highest BCUT2D eigenvalue weighted by Crippen LogP contribution is 2.35. The molecule has 0 aliphatic carbocycles. The Morgan fingerprint density at radius 2 is 2.11 bits per heavy atom. The fourth-order valence-electron chi connectivity index (χ4n) is 1.31. The zero-order valence-electron chi connectivity index (χ0n) is 9.49. The van der Waals surface area contributed by atoms with Crippen LogP contribution in [0, 0.1) is 10.1 Å². The maximum Gasteiger partial charge on any atom is 0.416 e. The molecule has 0 heterocycles. The monoisotopic (exact) mass is 263 g/mol. The topological polar surface area (TPSA) is 81.2 Å². The zero-order valence-corrected chi connectivity index (χ0v) is 9.49. The largest absolute Gasteiger partial charge is 0.416 e. The van der Waals surface area contributed by atoms with Crippen molar-refractivity contribution in [3.05, 3.63) is 33.9 Å². The van der Waals surface area contributed by atoms with Crippen molar-refractivity contribution >= 4 is 11.4 Å². The van der Waals surface area contributed by atoms with Crippen LogP contribution < -0.4 is 11.1 Å².